The van der Waals surface area contributed by atoms with Crippen molar-refractivity contribution in [2.75, 3.05) is 6.61 Å². The van der Waals surface area contributed by atoms with Gasteiger partial charge in [-0.1, -0.05) is 40.7 Å². The van der Waals surface area contributed by atoms with Crippen molar-refractivity contribution >= 4 is 40.8 Å². The molecule has 0 amide bonds. The number of nitrogens with zero attached hydrogens (tertiary/aromatic N) is 3. The highest BCUT2D eigenvalue weighted by Gasteiger charge is 2.20. The molecule has 190 valence electrons. The summed E-state index contributed by atoms with van der Waals surface area (Å²) in [5, 5.41) is 14.3. The molecule has 11 heteroatoms. The maximum atomic E-state index is 12.5. The first-order valence-corrected chi connectivity index (χ1v) is 12.2. The minimum atomic E-state index is -0.987. The Bertz CT molecular complexity index is 1360. The molecule has 2 heterocycles. The Labute approximate surface area is 223 Å². The van der Waals surface area contributed by atoms with Crippen molar-refractivity contribution in [3.63, 3.8) is 0 Å². The smallest absolute Gasteiger partial charge is 0.350 e. The first-order chi connectivity index (χ1) is 17.1. The van der Waals surface area contributed by atoms with Crippen LogP contribution in [0.25, 0.3) is 5.69 Å². The molecule has 0 radical (unpaired) electrons. The van der Waals surface area contributed by atoms with E-state index in [0.717, 1.165) is 30.7 Å². The molecule has 0 fully saturated rings. The van der Waals surface area contributed by atoms with Crippen LogP contribution >= 0.6 is 34.8 Å². The van der Waals surface area contributed by atoms with E-state index < -0.39 is 12.1 Å². The van der Waals surface area contributed by atoms with E-state index in [-0.39, 0.29) is 12.3 Å². The first kappa shape index (κ1) is 27.5. The van der Waals surface area contributed by atoms with Crippen LogP contribution in [0.1, 0.15) is 31.2 Å². The lowest BCUT2D eigenvalue weighted by Gasteiger charge is -2.12. The van der Waals surface area contributed by atoms with Gasteiger partial charge in [-0.2, -0.15) is 4.68 Å². The summed E-state index contributed by atoms with van der Waals surface area (Å²) < 4.78 is 13.5. The fraction of sp³-hybridized carbons (Fsp3) is 0.320. The molecule has 0 spiro atoms. The van der Waals surface area contributed by atoms with Gasteiger partial charge in [0.05, 0.1) is 15.7 Å². The van der Waals surface area contributed by atoms with Gasteiger partial charge in [-0.3, -0.25) is 4.57 Å². The summed E-state index contributed by atoms with van der Waals surface area (Å²) in [6, 6.07) is 8.17. The van der Waals surface area contributed by atoms with Gasteiger partial charge < -0.3 is 14.6 Å². The number of aryl methyl sites for hydroxylation is 2. The lowest BCUT2D eigenvalue weighted by atomic mass is 10.2. The quantitative estimate of drug-likeness (QED) is 0.423. The third kappa shape index (κ3) is 6.55. The number of carbonyl (C=O) groups is 1. The minimum absolute atomic E-state index is 0.0788. The van der Waals surface area contributed by atoms with E-state index >= 15 is 0 Å². The summed E-state index contributed by atoms with van der Waals surface area (Å²) in [5.41, 5.74) is 1.05. The van der Waals surface area contributed by atoms with Crippen molar-refractivity contribution in [3.05, 3.63) is 67.3 Å². The van der Waals surface area contributed by atoms with E-state index in [2.05, 4.69) is 11.0 Å². The molecule has 1 atom stereocenters. The molecule has 3 aromatic rings. The summed E-state index contributed by atoms with van der Waals surface area (Å²) in [6.45, 7) is 4.06. The molecule has 0 aliphatic carbocycles. The molecular weight excluding hydrogens is 529 g/mol. The molecule has 36 heavy (non-hydrogen) atoms. The average molecular weight is 553 g/mol. The Morgan fingerprint density at radius 3 is 2.58 bits per heavy atom. The molecule has 2 aromatic carbocycles. The molecule has 0 bridgehead atoms. The van der Waals surface area contributed by atoms with Crippen molar-refractivity contribution in [2.24, 2.45) is 0 Å². The number of aliphatic carboxylic acids is 1. The number of aromatic nitrogens is 3. The lowest BCUT2D eigenvalue weighted by molar-refractivity contribution is -0.144. The predicted molar refractivity (Wildman–Crippen MR) is 139 cm³/mol. The third-order valence-corrected chi connectivity index (χ3v) is 6.13. The number of carboxylic acids is 1. The number of rotatable bonds is 6. The van der Waals surface area contributed by atoms with Crippen LogP contribution in [-0.2, 0) is 17.8 Å². The number of benzene rings is 2. The van der Waals surface area contributed by atoms with Gasteiger partial charge in [0, 0.05) is 24.1 Å². The fourth-order valence-corrected chi connectivity index (χ4v) is 4.20. The minimum Gasteiger partial charge on any atom is -0.479 e. The van der Waals surface area contributed by atoms with Crippen molar-refractivity contribution in [2.45, 2.75) is 45.8 Å². The summed E-state index contributed by atoms with van der Waals surface area (Å²) in [6.07, 6.45) is 7.12. The van der Waals surface area contributed by atoms with Crippen molar-refractivity contribution < 1.29 is 19.4 Å². The zero-order valence-electron chi connectivity index (χ0n) is 19.6. The molecule has 0 saturated carbocycles. The number of hydrogen-bond acceptors (Lipinski definition) is 5. The van der Waals surface area contributed by atoms with Crippen molar-refractivity contribution in [1.29, 1.82) is 0 Å². The normalized spacial score (nSPS) is 13.0. The van der Waals surface area contributed by atoms with Gasteiger partial charge in [0.25, 0.3) is 0 Å². The Morgan fingerprint density at radius 2 is 1.94 bits per heavy atom. The number of hydrogen-bond donors (Lipinski definition) is 1. The van der Waals surface area contributed by atoms with E-state index in [4.69, 9.17) is 55.8 Å². The Morgan fingerprint density at radius 1 is 1.19 bits per heavy atom. The van der Waals surface area contributed by atoms with Crippen LogP contribution in [0.4, 0.5) is 0 Å². The van der Waals surface area contributed by atoms with Crippen LogP contribution in [0.15, 0.2) is 35.1 Å². The highest BCUT2D eigenvalue weighted by Crippen LogP contribution is 2.32. The Kier molecular flexibility index (Phi) is 9.32. The maximum Gasteiger partial charge on any atom is 0.350 e. The molecule has 1 unspecified atom stereocenters. The first-order valence-electron chi connectivity index (χ1n) is 11.0. The summed E-state index contributed by atoms with van der Waals surface area (Å²) >= 11 is 18.0. The van der Waals surface area contributed by atoms with Gasteiger partial charge in [0.2, 0.25) is 0 Å². The maximum absolute atomic E-state index is 12.5. The van der Waals surface area contributed by atoms with Crippen LogP contribution in [-0.4, -0.2) is 38.1 Å². The largest absolute Gasteiger partial charge is 0.479 e. The van der Waals surface area contributed by atoms with Gasteiger partial charge in [-0.15, -0.1) is 11.5 Å². The Hall–Kier alpha value is -3.12. The van der Waals surface area contributed by atoms with E-state index in [0.29, 0.717) is 38.8 Å². The van der Waals surface area contributed by atoms with Crippen molar-refractivity contribution in [3.8, 4) is 29.5 Å². The van der Waals surface area contributed by atoms with E-state index in [1.165, 1.54) is 17.7 Å². The molecule has 1 aliphatic heterocycles. The van der Waals surface area contributed by atoms with Crippen molar-refractivity contribution in [1.82, 2.24) is 14.3 Å². The van der Waals surface area contributed by atoms with E-state index in [1.807, 2.05) is 6.92 Å². The summed E-state index contributed by atoms with van der Waals surface area (Å²) in [7, 11) is 0. The second-order valence-electron chi connectivity index (χ2n) is 7.95. The lowest BCUT2D eigenvalue weighted by Crippen LogP contribution is -2.26. The third-order valence-electron chi connectivity index (χ3n) is 5.30. The van der Waals surface area contributed by atoms with Gasteiger partial charge in [-0.25, -0.2) is 9.59 Å². The van der Waals surface area contributed by atoms with Crippen LogP contribution in [0.2, 0.25) is 15.1 Å². The second kappa shape index (κ2) is 12.2. The van der Waals surface area contributed by atoms with Gasteiger partial charge >= 0.3 is 11.7 Å². The van der Waals surface area contributed by atoms with Crippen LogP contribution in [0.3, 0.4) is 0 Å². The highest BCUT2D eigenvalue weighted by molar-refractivity contribution is 6.36. The van der Waals surface area contributed by atoms with Gasteiger partial charge in [0.1, 0.15) is 23.9 Å². The van der Waals surface area contributed by atoms with E-state index in [1.54, 1.807) is 28.8 Å². The number of terminal acetylenes is 1. The number of ether oxygens (including phenoxy) is 2. The van der Waals surface area contributed by atoms with Crippen LogP contribution < -0.4 is 15.2 Å². The fourth-order valence-electron chi connectivity index (χ4n) is 3.45. The molecule has 1 aliphatic rings. The van der Waals surface area contributed by atoms with Crippen LogP contribution in [0.5, 0.6) is 11.5 Å². The zero-order chi connectivity index (χ0) is 26.4. The number of halogens is 3. The SMILES string of the molecule is C#CCOc1cc(-n2nc3n(c2=O)CCCC3)c(Cl)cc1Cl.Cc1cc(Cl)ccc1OC(C)C(=O)O. The summed E-state index contributed by atoms with van der Waals surface area (Å²) in [5.74, 6) is 3.07. The standard InChI is InChI=1S/C15H13Cl2N3O2.C10H11ClO3/c1-2-7-22-13-9-12(10(16)8-11(13)17)20-15(21)19-6-4-3-5-14(19)18-20;1-6-5-8(11)3-4-9(6)14-7(2)10(12)13/h1,8-9H,3-7H2;3-5,7H,1-2H3,(H,12,13). The molecular formula is C25H24Cl3N3O5. The van der Waals surface area contributed by atoms with Gasteiger partial charge in [0.15, 0.2) is 6.10 Å². The second-order valence-corrected chi connectivity index (χ2v) is 9.21. The van der Waals surface area contributed by atoms with Crippen LogP contribution in [0, 0.1) is 19.3 Å². The Balaban J connectivity index is 0.000000223. The molecule has 8 nitrogen and oxygen atoms in total. The predicted octanol–water partition coefficient (Wildman–Crippen LogP) is 5.19. The molecule has 1 aromatic heterocycles. The average Bonchev–Trinajstić information content (AvgIpc) is 3.17. The van der Waals surface area contributed by atoms with Gasteiger partial charge in [-0.05, 0) is 56.5 Å². The monoisotopic (exact) mass is 551 g/mol. The molecule has 0 saturated heterocycles. The topological polar surface area (TPSA) is 95.6 Å². The highest BCUT2D eigenvalue weighted by atomic mass is 35.5. The number of fused-ring (bicyclic) bond motifs is 1. The summed E-state index contributed by atoms with van der Waals surface area (Å²) in [4.78, 5) is 23.0. The zero-order valence-corrected chi connectivity index (χ0v) is 21.9. The molecule has 1 N–H and O–H groups in total. The molecule has 4 rings (SSSR count). The van der Waals surface area contributed by atoms with E-state index in [9.17, 15) is 9.59 Å². The number of carboxylic acid groups (broad SMARTS) is 1.